The van der Waals surface area contributed by atoms with E-state index in [1.807, 2.05) is 32.9 Å². The number of nitrogens with one attached hydrogen (secondary N) is 2. The fourth-order valence-electron chi connectivity index (χ4n) is 3.62. The van der Waals surface area contributed by atoms with Crippen molar-refractivity contribution >= 4 is 12.1 Å². The predicted molar refractivity (Wildman–Crippen MR) is 127 cm³/mol. The van der Waals surface area contributed by atoms with Crippen molar-refractivity contribution in [3.63, 3.8) is 0 Å². The maximum Gasteiger partial charge on any atom is 0.410 e. The van der Waals surface area contributed by atoms with Gasteiger partial charge in [-0.2, -0.15) is 0 Å². The van der Waals surface area contributed by atoms with Gasteiger partial charge in [0, 0.05) is 33.2 Å². The molecule has 1 fully saturated rings. The smallest absolute Gasteiger partial charge is 0.410 e. The van der Waals surface area contributed by atoms with Crippen LogP contribution in [0, 0.1) is 5.92 Å². The number of aliphatic imine (C=N–C) groups is 1. The van der Waals surface area contributed by atoms with Gasteiger partial charge in [-0.25, -0.2) is 9.79 Å². The van der Waals surface area contributed by atoms with Gasteiger partial charge in [-0.1, -0.05) is 24.3 Å². The predicted octanol–water partition coefficient (Wildman–Crippen LogP) is 3.45. The van der Waals surface area contributed by atoms with Gasteiger partial charge in [0.1, 0.15) is 5.60 Å². The normalized spacial score (nSPS) is 17.9. The van der Waals surface area contributed by atoms with Gasteiger partial charge < -0.3 is 25.2 Å². The SMILES string of the molecule is CCNC(=NCc1ccc(CN(C)C(=O)OC(C)(C)C)cc1)NCC1CCCN(C)C1. The zero-order valence-electron chi connectivity index (χ0n) is 20.2. The number of guanidine groups is 1. The Labute approximate surface area is 188 Å². The van der Waals surface area contributed by atoms with Crippen LogP contribution in [-0.2, 0) is 17.8 Å². The van der Waals surface area contributed by atoms with Gasteiger partial charge in [-0.05, 0) is 71.2 Å². The Balaban J connectivity index is 1.86. The van der Waals surface area contributed by atoms with E-state index in [9.17, 15) is 4.79 Å². The molecule has 2 N–H and O–H groups in total. The van der Waals surface area contributed by atoms with Crippen LogP contribution in [0.15, 0.2) is 29.3 Å². The summed E-state index contributed by atoms with van der Waals surface area (Å²) >= 11 is 0. The highest BCUT2D eigenvalue weighted by Gasteiger charge is 2.19. The van der Waals surface area contributed by atoms with Crippen molar-refractivity contribution in [1.29, 1.82) is 0 Å². The van der Waals surface area contributed by atoms with E-state index in [4.69, 9.17) is 9.73 Å². The topological polar surface area (TPSA) is 69.2 Å². The summed E-state index contributed by atoms with van der Waals surface area (Å²) in [4.78, 5) is 20.9. The number of nitrogens with zero attached hydrogens (tertiary/aromatic N) is 3. The molecule has 31 heavy (non-hydrogen) atoms. The van der Waals surface area contributed by atoms with Crippen LogP contribution >= 0.6 is 0 Å². The molecular formula is C24H41N5O2. The van der Waals surface area contributed by atoms with Crippen molar-refractivity contribution in [3.8, 4) is 0 Å². The lowest BCUT2D eigenvalue weighted by atomic mass is 9.99. The molecule has 174 valence electrons. The van der Waals surface area contributed by atoms with Crippen molar-refractivity contribution < 1.29 is 9.53 Å². The Hall–Kier alpha value is -2.28. The molecule has 0 aromatic heterocycles. The Morgan fingerprint density at radius 2 is 1.90 bits per heavy atom. The number of piperidine rings is 1. The minimum atomic E-state index is -0.488. The highest BCUT2D eigenvalue weighted by Crippen LogP contribution is 2.14. The molecule has 1 aliphatic heterocycles. The van der Waals surface area contributed by atoms with Gasteiger partial charge in [0.05, 0.1) is 6.54 Å². The van der Waals surface area contributed by atoms with Crippen LogP contribution in [0.1, 0.15) is 51.7 Å². The molecule has 1 aromatic rings. The lowest BCUT2D eigenvalue weighted by molar-refractivity contribution is 0.0285. The third-order valence-electron chi connectivity index (χ3n) is 5.19. The quantitative estimate of drug-likeness (QED) is 0.511. The zero-order chi connectivity index (χ0) is 22.9. The first-order valence-corrected chi connectivity index (χ1v) is 11.4. The number of amides is 1. The van der Waals surface area contributed by atoms with Gasteiger partial charge in [0.15, 0.2) is 5.96 Å². The van der Waals surface area contributed by atoms with E-state index in [-0.39, 0.29) is 6.09 Å². The summed E-state index contributed by atoms with van der Waals surface area (Å²) in [7, 11) is 3.95. The van der Waals surface area contributed by atoms with E-state index in [2.05, 4.69) is 41.6 Å². The molecule has 0 bridgehead atoms. The van der Waals surface area contributed by atoms with Crippen LogP contribution < -0.4 is 10.6 Å². The lowest BCUT2D eigenvalue weighted by Gasteiger charge is -2.30. The number of carbonyl (C=O) groups is 1. The van der Waals surface area contributed by atoms with Crippen LogP contribution in [0.25, 0.3) is 0 Å². The van der Waals surface area contributed by atoms with Crippen LogP contribution in [0.4, 0.5) is 4.79 Å². The molecule has 0 aliphatic carbocycles. The lowest BCUT2D eigenvalue weighted by Crippen LogP contribution is -2.43. The van der Waals surface area contributed by atoms with Crippen LogP contribution in [0.5, 0.6) is 0 Å². The number of hydrogen-bond acceptors (Lipinski definition) is 4. The van der Waals surface area contributed by atoms with Gasteiger partial charge in [0.2, 0.25) is 0 Å². The van der Waals surface area contributed by atoms with Crippen LogP contribution in [0.3, 0.4) is 0 Å². The molecule has 1 saturated heterocycles. The second kappa shape index (κ2) is 11.9. The highest BCUT2D eigenvalue weighted by atomic mass is 16.6. The Morgan fingerprint density at radius 3 is 2.52 bits per heavy atom. The van der Waals surface area contributed by atoms with E-state index in [0.717, 1.165) is 36.7 Å². The van der Waals surface area contributed by atoms with Gasteiger partial charge in [0.25, 0.3) is 0 Å². The molecule has 7 nitrogen and oxygen atoms in total. The number of ether oxygens (including phenoxy) is 1. The van der Waals surface area contributed by atoms with E-state index in [0.29, 0.717) is 19.0 Å². The summed E-state index contributed by atoms with van der Waals surface area (Å²) in [5, 5.41) is 6.84. The summed E-state index contributed by atoms with van der Waals surface area (Å²) in [6, 6.07) is 8.23. The van der Waals surface area contributed by atoms with E-state index < -0.39 is 5.60 Å². The molecule has 1 atom stereocenters. The monoisotopic (exact) mass is 431 g/mol. The Morgan fingerprint density at radius 1 is 1.23 bits per heavy atom. The highest BCUT2D eigenvalue weighted by molar-refractivity contribution is 5.79. The van der Waals surface area contributed by atoms with E-state index >= 15 is 0 Å². The molecule has 1 amide bonds. The van der Waals surface area contributed by atoms with Gasteiger partial charge in [-0.3, -0.25) is 0 Å². The molecule has 0 spiro atoms. The standard InChI is InChI=1S/C24H41N5O2/c1-7-25-22(27-16-21-9-8-14-28(5)17-21)26-15-19-10-12-20(13-11-19)18-29(6)23(30)31-24(2,3)4/h10-13,21H,7-9,14-18H2,1-6H3,(H2,25,26,27). The molecule has 2 rings (SSSR count). The maximum absolute atomic E-state index is 12.1. The summed E-state index contributed by atoms with van der Waals surface area (Å²) < 4.78 is 5.41. The van der Waals surface area contributed by atoms with E-state index in [1.54, 1.807) is 11.9 Å². The largest absolute Gasteiger partial charge is 0.444 e. The average Bonchev–Trinajstić information content (AvgIpc) is 2.70. The van der Waals surface area contributed by atoms with Gasteiger partial charge >= 0.3 is 6.09 Å². The number of rotatable bonds is 7. The average molecular weight is 432 g/mol. The molecule has 1 aliphatic rings. The first-order chi connectivity index (χ1) is 14.7. The molecule has 1 unspecified atom stereocenters. The Kier molecular flexibility index (Phi) is 9.62. The zero-order valence-corrected chi connectivity index (χ0v) is 20.2. The molecule has 0 saturated carbocycles. The molecule has 1 aromatic carbocycles. The van der Waals surface area contributed by atoms with Crippen LogP contribution in [0.2, 0.25) is 0 Å². The molecule has 1 heterocycles. The Bertz CT molecular complexity index is 712. The summed E-state index contributed by atoms with van der Waals surface area (Å²) in [5.74, 6) is 1.54. The number of hydrogen-bond donors (Lipinski definition) is 2. The second-order valence-electron chi connectivity index (χ2n) is 9.50. The molecule has 0 radical (unpaired) electrons. The van der Waals surface area contributed by atoms with Gasteiger partial charge in [-0.15, -0.1) is 0 Å². The second-order valence-corrected chi connectivity index (χ2v) is 9.50. The fraction of sp³-hybridized carbons (Fsp3) is 0.667. The summed E-state index contributed by atoms with van der Waals surface area (Å²) in [6.07, 6.45) is 2.23. The third kappa shape index (κ3) is 9.59. The summed E-state index contributed by atoms with van der Waals surface area (Å²) in [5.41, 5.74) is 1.71. The first kappa shape index (κ1) is 25.0. The van der Waals surface area contributed by atoms with Crippen molar-refractivity contribution in [3.05, 3.63) is 35.4 Å². The fourth-order valence-corrected chi connectivity index (χ4v) is 3.62. The third-order valence-corrected chi connectivity index (χ3v) is 5.19. The van der Waals surface area contributed by atoms with Crippen LogP contribution in [-0.4, -0.2) is 67.7 Å². The molecular weight excluding hydrogens is 390 g/mol. The van der Waals surface area contributed by atoms with E-state index in [1.165, 1.54) is 19.4 Å². The minimum absolute atomic E-state index is 0.313. The number of benzene rings is 1. The molecule has 7 heteroatoms. The first-order valence-electron chi connectivity index (χ1n) is 11.4. The summed E-state index contributed by atoms with van der Waals surface area (Å²) in [6.45, 7) is 13.0. The minimum Gasteiger partial charge on any atom is -0.444 e. The van der Waals surface area contributed by atoms with Crippen molar-refractivity contribution in [2.24, 2.45) is 10.9 Å². The van der Waals surface area contributed by atoms with Crippen molar-refractivity contribution in [2.75, 3.05) is 40.3 Å². The number of likely N-dealkylation sites (tertiary alicyclic amines) is 1. The van der Waals surface area contributed by atoms with Crippen molar-refractivity contribution in [1.82, 2.24) is 20.4 Å². The van der Waals surface area contributed by atoms with Crippen molar-refractivity contribution in [2.45, 2.75) is 59.2 Å². The maximum atomic E-state index is 12.1. The number of carbonyl (C=O) groups excluding carboxylic acids is 1.